The second-order valence-electron chi connectivity index (χ2n) is 11.3. The van der Waals surface area contributed by atoms with Gasteiger partial charge >= 0.3 is 0 Å². The van der Waals surface area contributed by atoms with Gasteiger partial charge in [0, 0.05) is 5.56 Å². The Morgan fingerprint density at radius 2 is 1.46 bits per heavy atom. The number of aryl methyl sites for hydroxylation is 1. The van der Waals surface area contributed by atoms with E-state index in [2.05, 4.69) is 146 Å². The van der Waals surface area contributed by atoms with Crippen LogP contribution in [0.3, 0.4) is 0 Å². The monoisotopic (exact) mass is 529 g/mol. The van der Waals surface area contributed by atoms with E-state index in [-0.39, 0.29) is 11.6 Å². The van der Waals surface area contributed by atoms with Gasteiger partial charge in [-0.1, -0.05) is 127 Å². The van der Waals surface area contributed by atoms with Crippen molar-refractivity contribution in [3.8, 4) is 5.75 Å². The Kier molecular flexibility index (Phi) is 5.50. The third-order valence-electron chi connectivity index (χ3n) is 8.94. The molecule has 1 heterocycles. The largest absolute Gasteiger partial charge is 0.464 e. The van der Waals surface area contributed by atoms with Gasteiger partial charge in [-0.2, -0.15) is 0 Å². The molecule has 1 unspecified atom stereocenters. The van der Waals surface area contributed by atoms with Gasteiger partial charge in [0.25, 0.3) is 0 Å². The summed E-state index contributed by atoms with van der Waals surface area (Å²) in [6, 6.07) is 46.4. The van der Waals surface area contributed by atoms with Gasteiger partial charge in [0.15, 0.2) is 6.23 Å². The Labute approximate surface area is 241 Å². The fourth-order valence-electron chi connectivity index (χ4n) is 7.23. The van der Waals surface area contributed by atoms with Crippen LogP contribution in [-0.2, 0) is 5.41 Å². The predicted octanol–water partition coefficient (Wildman–Crippen LogP) is 9.48. The molecule has 0 fully saturated rings. The summed E-state index contributed by atoms with van der Waals surface area (Å²) in [5.74, 6) is 0.918. The van der Waals surface area contributed by atoms with Gasteiger partial charge < -0.3 is 10.1 Å². The Morgan fingerprint density at radius 3 is 2.22 bits per heavy atom. The van der Waals surface area contributed by atoms with Crippen LogP contribution in [0.25, 0.3) is 11.1 Å². The van der Waals surface area contributed by atoms with E-state index < -0.39 is 0 Å². The number of rotatable bonds is 4. The zero-order chi connectivity index (χ0) is 27.4. The molecule has 0 saturated heterocycles. The maximum Gasteiger partial charge on any atom is 0.196 e. The molecule has 0 bridgehead atoms. The van der Waals surface area contributed by atoms with Crippen molar-refractivity contribution in [3.63, 3.8) is 0 Å². The van der Waals surface area contributed by atoms with Gasteiger partial charge in [-0.05, 0) is 76.4 Å². The number of hydrogen-bond acceptors (Lipinski definition) is 2. The third-order valence-corrected chi connectivity index (χ3v) is 8.94. The molecule has 0 radical (unpaired) electrons. The minimum atomic E-state index is -0.356. The zero-order valence-electron chi connectivity index (χ0n) is 23.1. The quantitative estimate of drug-likeness (QED) is 0.250. The van der Waals surface area contributed by atoms with E-state index in [1.165, 1.54) is 50.1 Å². The van der Waals surface area contributed by atoms with Crippen molar-refractivity contribution in [2.45, 2.75) is 31.4 Å². The van der Waals surface area contributed by atoms with E-state index in [0.29, 0.717) is 0 Å². The highest BCUT2D eigenvalue weighted by Crippen LogP contribution is 2.60. The molecule has 3 aliphatic rings. The molecule has 8 rings (SSSR count). The Hall–Kier alpha value is -4.82. The van der Waals surface area contributed by atoms with Gasteiger partial charge in [0.1, 0.15) is 5.75 Å². The van der Waals surface area contributed by atoms with Crippen LogP contribution in [0, 0.1) is 6.92 Å². The van der Waals surface area contributed by atoms with Gasteiger partial charge in [-0.3, -0.25) is 0 Å². The van der Waals surface area contributed by atoms with E-state index in [1.54, 1.807) is 0 Å². The van der Waals surface area contributed by atoms with Crippen molar-refractivity contribution in [2.24, 2.45) is 0 Å². The minimum absolute atomic E-state index is 0.171. The summed E-state index contributed by atoms with van der Waals surface area (Å²) < 4.78 is 6.49. The Balaban J connectivity index is 1.30. The van der Waals surface area contributed by atoms with Gasteiger partial charge in [0.05, 0.1) is 11.1 Å². The highest BCUT2D eigenvalue weighted by Gasteiger charge is 2.49. The standard InChI is InChI=1S/C39H31NO/c1-26-12-10-13-28(24-26)38-40-35-23-22-27(25-36(35)41-38)31-19-11-21-34-37(31)32-18-8-9-20-33(32)39(34,29-14-4-2-5-15-29)30-16-6-3-7-17-30/h2-10,12-18,20-25,38,40H,11,19H2,1H3. The van der Waals surface area contributed by atoms with Gasteiger partial charge in [0.2, 0.25) is 0 Å². The molecule has 41 heavy (non-hydrogen) atoms. The molecule has 2 aliphatic carbocycles. The summed E-state index contributed by atoms with van der Waals surface area (Å²) in [4.78, 5) is 0. The molecule has 5 aromatic carbocycles. The van der Waals surface area contributed by atoms with Crippen LogP contribution in [-0.4, -0.2) is 0 Å². The lowest BCUT2D eigenvalue weighted by Crippen LogP contribution is -2.29. The maximum atomic E-state index is 6.49. The first-order valence-corrected chi connectivity index (χ1v) is 14.5. The SMILES string of the molecule is Cc1cccc(C2Nc3ccc(C4=C5C(=CCC4)C(c4ccccc4)(c4ccccc4)c4ccccc45)cc3O2)c1. The average Bonchev–Trinajstić information content (AvgIpc) is 3.59. The summed E-state index contributed by atoms with van der Waals surface area (Å²) in [6.07, 6.45) is 4.33. The molecule has 0 amide bonds. The second-order valence-corrected chi connectivity index (χ2v) is 11.3. The summed E-state index contributed by atoms with van der Waals surface area (Å²) in [7, 11) is 0. The van der Waals surface area contributed by atoms with Crippen LogP contribution in [0.15, 0.2) is 139 Å². The van der Waals surface area contributed by atoms with Crippen LogP contribution in [0.4, 0.5) is 5.69 Å². The van der Waals surface area contributed by atoms with Gasteiger partial charge in [-0.25, -0.2) is 0 Å². The first kappa shape index (κ1) is 24.0. The van der Waals surface area contributed by atoms with Crippen molar-refractivity contribution in [3.05, 3.63) is 178 Å². The Morgan fingerprint density at radius 1 is 0.732 bits per heavy atom. The Bertz CT molecular complexity index is 1810. The van der Waals surface area contributed by atoms with E-state index in [9.17, 15) is 0 Å². The normalized spacial score (nSPS) is 18.1. The number of nitrogens with one attached hydrogen (secondary N) is 1. The molecule has 198 valence electrons. The second kappa shape index (κ2) is 9.38. The molecule has 0 aromatic heterocycles. The topological polar surface area (TPSA) is 21.3 Å². The van der Waals surface area contributed by atoms with Crippen molar-refractivity contribution >= 4 is 16.8 Å². The highest BCUT2D eigenvalue weighted by atomic mass is 16.5. The van der Waals surface area contributed by atoms with Crippen molar-refractivity contribution in [1.82, 2.24) is 0 Å². The van der Waals surface area contributed by atoms with Gasteiger partial charge in [-0.15, -0.1) is 0 Å². The summed E-state index contributed by atoms with van der Waals surface area (Å²) >= 11 is 0. The number of benzene rings is 5. The summed E-state index contributed by atoms with van der Waals surface area (Å²) in [5.41, 5.74) is 13.8. The molecule has 1 aliphatic heterocycles. The zero-order valence-corrected chi connectivity index (χ0v) is 23.1. The van der Waals surface area contributed by atoms with Crippen LogP contribution in [0.1, 0.15) is 58.0 Å². The summed E-state index contributed by atoms with van der Waals surface area (Å²) in [5, 5.41) is 3.58. The lowest BCUT2D eigenvalue weighted by Gasteiger charge is -2.35. The molecule has 1 atom stereocenters. The molecule has 2 heteroatoms. The van der Waals surface area contributed by atoms with Crippen LogP contribution >= 0.6 is 0 Å². The summed E-state index contributed by atoms with van der Waals surface area (Å²) in [6.45, 7) is 2.12. The fourth-order valence-corrected chi connectivity index (χ4v) is 7.23. The van der Waals surface area contributed by atoms with E-state index >= 15 is 0 Å². The number of hydrogen-bond donors (Lipinski definition) is 1. The molecule has 1 N–H and O–H groups in total. The molecule has 0 saturated carbocycles. The van der Waals surface area contributed by atoms with Crippen molar-refractivity contribution in [1.29, 1.82) is 0 Å². The first-order valence-electron chi connectivity index (χ1n) is 14.5. The molecular formula is C39H31NO. The number of ether oxygens (including phenoxy) is 1. The van der Waals surface area contributed by atoms with Crippen LogP contribution in [0.5, 0.6) is 5.75 Å². The molecular weight excluding hydrogens is 498 g/mol. The van der Waals surface area contributed by atoms with Crippen molar-refractivity contribution in [2.75, 3.05) is 5.32 Å². The number of fused-ring (bicyclic) bond motifs is 4. The van der Waals surface area contributed by atoms with E-state index in [1.807, 2.05) is 0 Å². The van der Waals surface area contributed by atoms with E-state index in [0.717, 1.165) is 29.8 Å². The lowest BCUT2D eigenvalue weighted by molar-refractivity contribution is 0.259. The third kappa shape index (κ3) is 3.64. The highest BCUT2D eigenvalue weighted by molar-refractivity contribution is 6.07. The van der Waals surface area contributed by atoms with Crippen molar-refractivity contribution < 1.29 is 4.74 Å². The molecule has 2 nitrogen and oxygen atoms in total. The number of allylic oxidation sites excluding steroid dienone is 4. The van der Waals surface area contributed by atoms with E-state index in [4.69, 9.17) is 4.74 Å². The smallest absolute Gasteiger partial charge is 0.196 e. The predicted molar refractivity (Wildman–Crippen MR) is 168 cm³/mol. The average molecular weight is 530 g/mol. The fraction of sp³-hybridized carbons (Fsp3) is 0.128. The molecule has 5 aromatic rings. The maximum absolute atomic E-state index is 6.49. The lowest BCUT2D eigenvalue weighted by atomic mass is 9.66. The number of anilines is 1. The van der Waals surface area contributed by atoms with Crippen LogP contribution < -0.4 is 10.1 Å². The minimum Gasteiger partial charge on any atom is -0.464 e. The van der Waals surface area contributed by atoms with Crippen LogP contribution in [0.2, 0.25) is 0 Å². The molecule has 0 spiro atoms. The first-order chi connectivity index (χ1) is 20.2.